The highest BCUT2D eigenvalue weighted by molar-refractivity contribution is 5.74. The molecule has 6 saturated carbocycles. The summed E-state index contributed by atoms with van der Waals surface area (Å²) in [5.74, 6) is -0.683. The minimum absolute atomic E-state index is 0.00604. The summed E-state index contributed by atoms with van der Waals surface area (Å²) in [6.45, 7) is 11.7. The molecule has 56 heavy (non-hydrogen) atoms. The summed E-state index contributed by atoms with van der Waals surface area (Å²) in [7, 11) is 0. The van der Waals surface area contributed by atoms with Crippen LogP contribution in [0.4, 0.5) is 0 Å². The Kier molecular flexibility index (Phi) is 10.8. The average molecular weight is 775 g/mol. The van der Waals surface area contributed by atoms with Gasteiger partial charge in [-0.05, 0) is 129 Å². The van der Waals surface area contributed by atoms with Gasteiger partial charge in [-0.3, -0.25) is 4.79 Å². The number of aliphatic hydroxyl groups is 3. The van der Waals surface area contributed by atoms with Crippen LogP contribution in [0.25, 0.3) is 0 Å². The lowest BCUT2D eigenvalue weighted by Crippen LogP contribution is -2.77. The van der Waals surface area contributed by atoms with Crippen LogP contribution < -0.4 is 0 Å². The third kappa shape index (κ3) is 5.69. The molecule has 8 rings (SSSR count). The van der Waals surface area contributed by atoms with Crippen LogP contribution in [0.5, 0.6) is 0 Å². The van der Waals surface area contributed by atoms with Gasteiger partial charge in [0, 0.05) is 23.2 Å². The Balaban J connectivity index is 1.20. The highest BCUT2D eigenvalue weighted by atomic mass is 16.6. The highest BCUT2D eigenvalue weighted by Gasteiger charge is 2.84. The van der Waals surface area contributed by atoms with Gasteiger partial charge in [-0.2, -0.15) is 0 Å². The van der Waals surface area contributed by atoms with E-state index in [9.17, 15) is 25.2 Å². The maximum atomic E-state index is 13.1. The number of fused-ring (bicyclic) bond motifs is 7. The summed E-state index contributed by atoms with van der Waals surface area (Å²) in [6, 6.07) is 10.5. The number of rotatable bonds is 12. The standard InChI is InChI=1S/C50H78O6/c1-6-16-38-48-24-22-37-45(4)28-27-43(2)25-26-44(3,42(53)54)32-39(43)47(45,23-15-9-14-19-35-17-10-7-11-18-35)30-29-46(37,5)49(48,34-51)40(52)33-50(38,55)56-41(48)31-36-20-12-8-13-21-36/h8,12-13,20-21,35,37-41,51-52,55H,6-7,9-11,14-19,22-34H2,1-5H3,(H,53,54). The fraction of sp³-hybridized carbons (Fsp3) is 0.860. The van der Waals surface area contributed by atoms with E-state index in [4.69, 9.17) is 4.74 Å². The van der Waals surface area contributed by atoms with Crippen molar-refractivity contribution in [1.82, 2.24) is 0 Å². The van der Waals surface area contributed by atoms with Gasteiger partial charge in [-0.25, -0.2) is 0 Å². The van der Waals surface area contributed by atoms with Gasteiger partial charge in [0.25, 0.3) is 0 Å². The van der Waals surface area contributed by atoms with E-state index in [1.165, 1.54) is 63.4 Å². The van der Waals surface area contributed by atoms with Crippen LogP contribution in [-0.4, -0.2) is 51.0 Å². The summed E-state index contributed by atoms with van der Waals surface area (Å²) in [6.07, 6.45) is 23.2. The first-order chi connectivity index (χ1) is 26.6. The molecule has 1 aromatic rings. The van der Waals surface area contributed by atoms with Gasteiger partial charge in [0.15, 0.2) is 5.79 Å². The fourth-order valence-electron chi connectivity index (χ4n) is 17.4. The number of hydrogen-bond acceptors (Lipinski definition) is 5. The molecule has 7 fully saturated rings. The summed E-state index contributed by atoms with van der Waals surface area (Å²) >= 11 is 0. The number of aliphatic hydroxyl groups excluding tert-OH is 2. The average Bonchev–Trinajstić information content (AvgIpc) is 3.34. The third-order valence-corrected chi connectivity index (χ3v) is 20.3. The van der Waals surface area contributed by atoms with Gasteiger partial charge in [0.2, 0.25) is 0 Å². The molecule has 4 N–H and O–H groups in total. The number of aliphatic carboxylic acids is 1. The molecule has 314 valence electrons. The van der Waals surface area contributed by atoms with Crippen molar-refractivity contribution in [3.05, 3.63) is 35.9 Å². The van der Waals surface area contributed by atoms with E-state index in [-0.39, 0.29) is 52.6 Å². The third-order valence-electron chi connectivity index (χ3n) is 20.3. The second-order valence-corrected chi connectivity index (χ2v) is 22.3. The second-order valence-electron chi connectivity index (χ2n) is 22.3. The van der Waals surface area contributed by atoms with Crippen LogP contribution in [0.15, 0.2) is 30.3 Å². The molecule has 7 aliphatic rings. The maximum Gasteiger partial charge on any atom is 0.309 e. The van der Waals surface area contributed by atoms with Crippen LogP contribution in [0, 0.1) is 61.6 Å². The van der Waals surface area contributed by atoms with Gasteiger partial charge < -0.3 is 25.2 Å². The van der Waals surface area contributed by atoms with Crippen LogP contribution in [-0.2, 0) is 16.0 Å². The van der Waals surface area contributed by atoms with Crippen LogP contribution in [0.1, 0.15) is 181 Å². The molecule has 6 heteroatoms. The zero-order chi connectivity index (χ0) is 39.8. The highest BCUT2D eigenvalue weighted by Crippen LogP contribution is 2.84. The van der Waals surface area contributed by atoms with E-state index in [0.717, 1.165) is 83.0 Å². The molecule has 1 aromatic carbocycles. The van der Waals surface area contributed by atoms with E-state index in [1.807, 2.05) is 13.0 Å². The van der Waals surface area contributed by atoms with Crippen LogP contribution >= 0.6 is 0 Å². The monoisotopic (exact) mass is 775 g/mol. The van der Waals surface area contributed by atoms with Crippen molar-refractivity contribution in [1.29, 1.82) is 0 Å². The second kappa shape index (κ2) is 14.6. The van der Waals surface area contributed by atoms with E-state index in [0.29, 0.717) is 12.3 Å². The molecule has 2 bridgehead atoms. The van der Waals surface area contributed by atoms with Gasteiger partial charge in [-0.1, -0.05) is 122 Å². The molecule has 13 unspecified atom stereocenters. The number of carboxylic acid groups (broad SMARTS) is 1. The Morgan fingerprint density at radius 3 is 2.21 bits per heavy atom. The molecular weight excluding hydrogens is 697 g/mol. The predicted octanol–water partition coefficient (Wildman–Crippen LogP) is 10.9. The Labute approximate surface area is 339 Å². The smallest absolute Gasteiger partial charge is 0.309 e. The van der Waals surface area contributed by atoms with Crippen molar-refractivity contribution in [3.8, 4) is 0 Å². The molecule has 6 aliphatic carbocycles. The molecular formula is C50H78O6. The van der Waals surface area contributed by atoms with Gasteiger partial charge in [-0.15, -0.1) is 0 Å². The first kappa shape index (κ1) is 41.3. The topological polar surface area (TPSA) is 107 Å². The normalized spacial score (nSPS) is 48.7. The minimum atomic E-state index is -1.41. The lowest BCUT2D eigenvalue weighted by molar-refractivity contribution is -0.339. The van der Waals surface area contributed by atoms with Crippen molar-refractivity contribution >= 4 is 5.97 Å². The Morgan fingerprint density at radius 2 is 1.52 bits per heavy atom. The molecule has 1 aliphatic heterocycles. The zero-order valence-electron chi connectivity index (χ0n) is 35.9. The molecule has 1 heterocycles. The number of carboxylic acids is 1. The Bertz CT molecular complexity index is 1580. The number of unbranched alkanes of at least 4 members (excludes halogenated alkanes) is 2. The molecule has 1 saturated heterocycles. The van der Waals surface area contributed by atoms with Crippen LogP contribution in [0.2, 0.25) is 0 Å². The number of hydrogen-bond donors (Lipinski definition) is 4. The Hall–Kier alpha value is -1.47. The molecule has 0 amide bonds. The van der Waals surface area contributed by atoms with E-state index in [2.05, 4.69) is 52.0 Å². The first-order valence-electron chi connectivity index (χ1n) is 23.6. The maximum absolute atomic E-state index is 13.1. The quantitative estimate of drug-likeness (QED) is 0.158. The summed E-state index contributed by atoms with van der Waals surface area (Å²) < 4.78 is 6.95. The molecule has 1 spiro atoms. The predicted molar refractivity (Wildman–Crippen MR) is 222 cm³/mol. The first-order valence-corrected chi connectivity index (χ1v) is 23.6. The minimum Gasteiger partial charge on any atom is -0.481 e. The van der Waals surface area contributed by atoms with Crippen molar-refractivity contribution in [2.24, 2.45) is 61.6 Å². The van der Waals surface area contributed by atoms with E-state index < -0.39 is 34.1 Å². The molecule has 6 nitrogen and oxygen atoms in total. The van der Waals surface area contributed by atoms with Crippen molar-refractivity contribution in [2.45, 2.75) is 200 Å². The van der Waals surface area contributed by atoms with Crippen molar-refractivity contribution in [2.75, 3.05) is 6.61 Å². The SMILES string of the molecule is CCCC1C2(O)CC(O)C3(CO)C4(C)CCC5(CCCCCC6CCCCC6)C6CC(C)(C(=O)O)CCC6(C)CCC5(C)C4CCC13C(Cc1ccccc1)O2. The fourth-order valence-corrected chi connectivity index (χ4v) is 17.4. The number of ether oxygens (including phenoxy) is 1. The van der Waals surface area contributed by atoms with E-state index >= 15 is 0 Å². The van der Waals surface area contributed by atoms with Gasteiger partial charge in [0.1, 0.15) is 0 Å². The number of carbonyl (C=O) groups is 1. The molecule has 0 radical (unpaired) electrons. The van der Waals surface area contributed by atoms with Gasteiger partial charge >= 0.3 is 5.97 Å². The van der Waals surface area contributed by atoms with E-state index in [1.54, 1.807) is 0 Å². The lowest BCUT2D eigenvalue weighted by atomic mass is 9.25. The lowest BCUT2D eigenvalue weighted by Gasteiger charge is -2.78. The summed E-state index contributed by atoms with van der Waals surface area (Å²) in [5.41, 5.74) is -1.24. The number of benzene rings is 1. The summed E-state index contributed by atoms with van der Waals surface area (Å²) in [5, 5.41) is 48.3. The van der Waals surface area contributed by atoms with Crippen molar-refractivity contribution < 1.29 is 30.0 Å². The zero-order valence-corrected chi connectivity index (χ0v) is 35.9. The molecule has 0 aromatic heterocycles. The Morgan fingerprint density at radius 1 is 0.804 bits per heavy atom. The summed E-state index contributed by atoms with van der Waals surface area (Å²) in [4.78, 5) is 13.1. The van der Waals surface area contributed by atoms with Gasteiger partial charge in [0.05, 0.1) is 24.2 Å². The largest absolute Gasteiger partial charge is 0.481 e. The van der Waals surface area contributed by atoms with Crippen molar-refractivity contribution in [3.63, 3.8) is 0 Å². The van der Waals surface area contributed by atoms with Crippen LogP contribution in [0.3, 0.4) is 0 Å². The molecule has 13 atom stereocenters.